The van der Waals surface area contributed by atoms with Crippen LogP contribution in [0.1, 0.15) is 18.9 Å². The topological polar surface area (TPSA) is 119 Å². The Morgan fingerprint density at radius 3 is 2.45 bits per heavy atom. The molecule has 0 fully saturated rings. The molecular weight excluding hydrogens is 288 g/mol. The molecule has 0 aliphatic heterocycles. The third kappa shape index (κ3) is 6.85. The summed E-state index contributed by atoms with van der Waals surface area (Å²) in [6.07, 6.45) is -0.0168. The second kappa shape index (κ2) is 8.78. The highest BCUT2D eigenvalue weighted by atomic mass is 16.5. The second-order valence-corrected chi connectivity index (χ2v) is 4.90. The van der Waals surface area contributed by atoms with Crippen molar-refractivity contribution in [1.29, 1.82) is 0 Å². The van der Waals surface area contributed by atoms with Crippen molar-refractivity contribution in [3.05, 3.63) is 35.9 Å². The zero-order chi connectivity index (χ0) is 16.5. The van der Waals surface area contributed by atoms with Crippen LogP contribution < -0.4 is 11.1 Å². The summed E-state index contributed by atoms with van der Waals surface area (Å²) in [5.74, 6) is -2.19. The number of aliphatic carboxylic acids is 1. The van der Waals surface area contributed by atoms with Gasteiger partial charge in [-0.25, -0.2) is 0 Å². The average molecular weight is 308 g/mol. The molecule has 1 aromatic rings. The number of hydrogen-bond acceptors (Lipinski definition) is 5. The maximum atomic E-state index is 11.9. The Bertz CT molecular complexity index is 518. The van der Waals surface area contributed by atoms with E-state index in [1.54, 1.807) is 0 Å². The summed E-state index contributed by atoms with van der Waals surface area (Å²) in [7, 11) is 0. The summed E-state index contributed by atoms with van der Waals surface area (Å²) in [5.41, 5.74) is 6.47. The quantitative estimate of drug-likeness (QED) is 0.585. The Kier molecular flexibility index (Phi) is 7.04. The lowest BCUT2D eigenvalue weighted by Crippen LogP contribution is -2.48. The Balaban J connectivity index is 2.66. The summed E-state index contributed by atoms with van der Waals surface area (Å²) in [5, 5.41) is 11.3. The van der Waals surface area contributed by atoms with Gasteiger partial charge >= 0.3 is 11.9 Å². The first-order valence-electron chi connectivity index (χ1n) is 6.83. The van der Waals surface area contributed by atoms with E-state index in [1.807, 2.05) is 30.3 Å². The Morgan fingerprint density at radius 2 is 1.91 bits per heavy atom. The van der Waals surface area contributed by atoms with Gasteiger partial charge in [-0.3, -0.25) is 14.4 Å². The highest BCUT2D eigenvalue weighted by Crippen LogP contribution is 2.04. The zero-order valence-corrected chi connectivity index (χ0v) is 12.3. The summed E-state index contributed by atoms with van der Waals surface area (Å²) >= 11 is 0. The number of ether oxygens (including phenoxy) is 1. The minimum Gasteiger partial charge on any atom is -0.481 e. The normalized spacial score (nSPS) is 13.0. The molecule has 2 atom stereocenters. The molecule has 1 amide bonds. The molecule has 0 aliphatic carbocycles. The monoisotopic (exact) mass is 308 g/mol. The van der Waals surface area contributed by atoms with Crippen molar-refractivity contribution in [2.75, 3.05) is 6.61 Å². The predicted molar refractivity (Wildman–Crippen MR) is 78.9 cm³/mol. The van der Waals surface area contributed by atoms with Gasteiger partial charge in [-0.1, -0.05) is 30.3 Å². The number of esters is 1. The van der Waals surface area contributed by atoms with E-state index in [2.05, 4.69) is 5.32 Å². The molecule has 0 saturated heterocycles. The van der Waals surface area contributed by atoms with Crippen molar-refractivity contribution in [3.8, 4) is 0 Å². The average Bonchev–Trinajstić information content (AvgIpc) is 2.45. The lowest BCUT2D eigenvalue weighted by Gasteiger charge is -2.20. The van der Waals surface area contributed by atoms with Gasteiger partial charge in [0.1, 0.15) is 6.61 Å². The molecule has 0 aromatic heterocycles. The number of amides is 1. The van der Waals surface area contributed by atoms with Gasteiger partial charge in [0.15, 0.2) is 0 Å². The maximum Gasteiger partial charge on any atom is 0.305 e. The molecule has 4 N–H and O–H groups in total. The number of nitrogens with one attached hydrogen (secondary N) is 1. The minimum absolute atomic E-state index is 0.00421. The first-order valence-corrected chi connectivity index (χ1v) is 6.83. The fraction of sp³-hybridized carbons (Fsp3) is 0.400. The van der Waals surface area contributed by atoms with E-state index in [0.717, 1.165) is 5.56 Å². The van der Waals surface area contributed by atoms with Gasteiger partial charge in [-0.15, -0.1) is 0 Å². The number of benzene rings is 1. The molecule has 7 heteroatoms. The smallest absolute Gasteiger partial charge is 0.305 e. The number of carboxylic acid groups (broad SMARTS) is 1. The fourth-order valence-electron chi connectivity index (χ4n) is 1.86. The van der Waals surface area contributed by atoms with Crippen LogP contribution in [0.4, 0.5) is 0 Å². The third-order valence-corrected chi connectivity index (χ3v) is 2.89. The van der Waals surface area contributed by atoms with E-state index in [-0.39, 0.29) is 6.61 Å². The first kappa shape index (κ1) is 17.6. The first-order chi connectivity index (χ1) is 10.4. The summed E-state index contributed by atoms with van der Waals surface area (Å²) in [6, 6.07) is 7.72. The SMILES string of the molecule is CC(=O)OCC(Cc1ccccc1)NC(=O)C(N)CC(=O)O. The van der Waals surface area contributed by atoms with Crippen molar-refractivity contribution >= 4 is 17.8 Å². The van der Waals surface area contributed by atoms with E-state index >= 15 is 0 Å². The maximum absolute atomic E-state index is 11.9. The number of carboxylic acids is 1. The molecule has 1 aromatic carbocycles. The lowest BCUT2D eigenvalue weighted by molar-refractivity contribution is -0.142. The van der Waals surface area contributed by atoms with Crippen LogP contribution in [-0.4, -0.2) is 41.6 Å². The lowest BCUT2D eigenvalue weighted by atomic mass is 10.1. The molecular formula is C15H20N2O5. The van der Waals surface area contributed by atoms with E-state index in [9.17, 15) is 14.4 Å². The number of hydrogen-bond donors (Lipinski definition) is 3. The van der Waals surface area contributed by atoms with Crippen LogP contribution in [0.15, 0.2) is 30.3 Å². The predicted octanol–water partition coefficient (Wildman–Crippen LogP) is 0.0790. The van der Waals surface area contributed by atoms with Gasteiger partial charge in [-0.05, 0) is 12.0 Å². The number of rotatable bonds is 8. The van der Waals surface area contributed by atoms with Crippen LogP contribution in [0.5, 0.6) is 0 Å². The number of carbonyl (C=O) groups is 3. The molecule has 0 bridgehead atoms. The van der Waals surface area contributed by atoms with E-state index < -0.39 is 36.4 Å². The van der Waals surface area contributed by atoms with Gasteiger partial charge in [0, 0.05) is 6.92 Å². The van der Waals surface area contributed by atoms with E-state index in [1.165, 1.54) is 6.92 Å². The van der Waals surface area contributed by atoms with Crippen LogP contribution >= 0.6 is 0 Å². The standard InChI is InChI=1S/C15H20N2O5/c1-10(18)22-9-12(7-11-5-3-2-4-6-11)17-15(21)13(16)8-14(19)20/h2-6,12-13H,7-9,16H2,1H3,(H,17,21)(H,19,20). The molecule has 2 unspecified atom stereocenters. The van der Waals surface area contributed by atoms with E-state index in [0.29, 0.717) is 6.42 Å². The van der Waals surface area contributed by atoms with Crippen LogP contribution in [-0.2, 0) is 25.5 Å². The fourth-order valence-corrected chi connectivity index (χ4v) is 1.86. The Labute approximate surface area is 128 Å². The Hall–Kier alpha value is -2.41. The summed E-state index contributed by atoms with van der Waals surface area (Å²) in [4.78, 5) is 33.4. The number of carbonyl (C=O) groups excluding carboxylic acids is 2. The van der Waals surface area contributed by atoms with Crippen LogP contribution in [0, 0.1) is 0 Å². The highest BCUT2D eigenvalue weighted by Gasteiger charge is 2.21. The Morgan fingerprint density at radius 1 is 1.27 bits per heavy atom. The van der Waals surface area contributed by atoms with Crippen molar-refractivity contribution in [2.24, 2.45) is 5.73 Å². The van der Waals surface area contributed by atoms with Crippen LogP contribution in [0.25, 0.3) is 0 Å². The zero-order valence-electron chi connectivity index (χ0n) is 12.3. The molecule has 7 nitrogen and oxygen atoms in total. The summed E-state index contributed by atoms with van der Waals surface area (Å²) in [6.45, 7) is 1.27. The molecule has 120 valence electrons. The molecule has 0 heterocycles. The van der Waals surface area contributed by atoms with Gasteiger partial charge in [0.25, 0.3) is 0 Å². The molecule has 0 spiro atoms. The van der Waals surface area contributed by atoms with E-state index in [4.69, 9.17) is 15.6 Å². The van der Waals surface area contributed by atoms with Crippen molar-refractivity contribution in [1.82, 2.24) is 5.32 Å². The van der Waals surface area contributed by atoms with Crippen molar-refractivity contribution in [3.63, 3.8) is 0 Å². The highest BCUT2D eigenvalue weighted by molar-refractivity contribution is 5.86. The molecule has 0 aliphatic rings. The molecule has 22 heavy (non-hydrogen) atoms. The van der Waals surface area contributed by atoms with Gasteiger partial charge in [0.2, 0.25) is 5.91 Å². The van der Waals surface area contributed by atoms with Gasteiger partial charge in [0.05, 0.1) is 18.5 Å². The van der Waals surface area contributed by atoms with Crippen molar-refractivity contribution in [2.45, 2.75) is 31.8 Å². The molecule has 1 rings (SSSR count). The van der Waals surface area contributed by atoms with Crippen LogP contribution in [0.2, 0.25) is 0 Å². The van der Waals surface area contributed by atoms with Crippen LogP contribution in [0.3, 0.4) is 0 Å². The van der Waals surface area contributed by atoms with Crippen molar-refractivity contribution < 1.29 is 24.2 Å². The summed E-state index contributed by atoms with van der Waals surface area (Å²) < 4.78 is 4.93. The second-order valence-electron chi connectivity index (χ2n) is 4.90. The van der Waals surface area contributed by atoms with Gasteiger partial charge in [-0.2, -0.15) is 0 Å². The molecule has 0 radical (unpaired) electrons. The third-order valence-electron chi connectivity index (χ3n) is 2.89. The van der Waals surface area contributed by atoms with Gasteiger partial charge < -0.3 is 20.9 Å². The number of nitrogens with two attached hydrogens (primary N) is 1. The molecule has 0 saturated carbocycles. The minimum atomic E-state index is -1.15. The largest absolute Gasteiger partial charge is 0.481 e.